The van der Waals surface area contributed by atoms with Crippen molar-refractivity contribution < 1.29 is 4.79 Å². The van der Waals surface area contributed by atoms with Gasteiger partial charge in [0.2, 0.25) is 0 Å². The van der Waals surface area contributed by atoms with Crippen molar-refractivity contribution in [3.63, 3.8) is 0 Å². The van der Waals surface area contributed by atoms with Gasteiger partial charge in [-0.2, -0.15) is 5.10 Å². The molecule has 0 atom stereocenters. The summed E-state index contributed by atoms with van der Waals surface area (Å²) < 4.78 is 1.78. The van der Waals surface area contributed by atoms with Crippen LogP contribution in [0.2, 0.25) is 0 Å². The molecular formula is C12H13N3O. The van der Waals surface area contributed by atoms with Gasteiger partial charge >= 0.3 is 0 Å². The first-order valence-corrected chi connectivity index (χ1v) is 5.28. The smallest absolute Gasteiger partial charge is 0.197 e. The van der Waals surface area contributed by atoms with E-state index in [0.717, 1.165) is 13.0 Å². The van der Waals surface area contributed by atoms with E-state index in [4.69, 9.17) is 0 Å². The Hall–Kier alpha value is -1.97. The van der Waals surface area contributed by atoms with Gasteiger partial charge in [0.25, 0.3) is 0 Å². The van der Waals surface area contributed by atoms with Gasteiger partial charge < -0.3 is 0 Å². The van der Waals surface area contributed by atoms with Crippen LogP contribution in [0.25, 0.3) is 0 Å². The fourth-order valence-electron chi connectivity index (χ4n) is 1.50. The number of hydrogen-bond donors (Lipinski definition) is 0. The van der Waals surface area contributed by atoms with E-state index in [1.165, 1.54) is 0 Å². The molecule has 0 saturated heterocycles. The third-order valence-electron chi connectivity index (χ3n) is 2.27. The molecule has 0 radical (unpaired) electrons. The molecule has 0 spiro atoms. The molecule has 82 valence electrons. The van der Waals surface area contributed by atoms with Gasteiger partial charge in [0, 0.05) is 30.7 Å². The third-order valence-corrected chi connectivity index (χ3v) is 2.27. The Labute approximate surface area is 93.9 Å². The number of aryl methyl sites for hydroxylation is 1. The number of hydrogen-bond acceptors (Lipinski definition) is 3. The van der Waals surface area contributed by atoms with Gasteiger partial charge in [-0.3, -0.25) is 14.5 Å². The minimum Gasteiger partial charge on any atom is -0.288 e. The molecule has 0 unspecified atom stereocenters. The molecule has 0 aromatic carbocycles. The second kappa shape index (κ2) is 4.70. The van der Waals surface area contributed by atoms with E-state index in [9.17, 15) is 4.79 Å². The van der Waals surface area contributed by atoms with Crippen LogP contribution < -0.4 is 0 Å². The van der Waals surface area contributed by atoms with Crippen LogP contribution in [0.15, 0.2) is 36.9 Å². The summed E-state index contributed by atoms with van der Waals surface area (Å²) in [6.45, 7) is 2.91. The summed E-state index contributed by atoms with van der Waals surface area (Å²) in [5, 5.41) is 4.13. The second-order valence-electron chi connectivity index (χ2n) is 3.56. The number of pyridine rings is 1. The van der Waals surface area contributed by atoms with Gasteiger partial charge in [0.15, 0.2) is 5.78 Å². The molecule has 0 fully saturated rings. The summed E-state index contributed by atoms with van der Waals surface area (Å²) in [6, 6.07) is 3.51. The van der Waals surface area contributed by atoms with Crippen molar-refractivity contribution in [2.45, 2.75) is 19.9 Å². The Morgan fingerprint density at radius 2 is 2.25 bits per heavy atom. The molecule has 0 aliphatic heterocycles. The summed E-state index contributed by atoms with van der Waals surface area (Å²) in [7, 11) is 0. The number of nitrogens with zero attached hydrogens (tertiary/aromatic N) is 3. The van der Waals surface area contributed by atoms with Gasteiger partial charge in [0.05, 0.1) is 11.8 Å². The van der Waals surface area contributed by atoms with Gasteiger partial charge in [0.1, 0.15) is 0 Å². The van der Waals surface area contributed by atoms with Gasteiger partial charge in [-0.15, -0.1) is 0 Å². The largest absolute Gasteiger partial charge is 0.288 e. The number of carbonyl (C=O) groups excluding carboxylic acids is 1. The highest BCUT2D eigenvalue weighted by Crippen LogP contribution is 2.07. The van der Waals surface area contributed by atoms with Crippen molar-refractivity contribution in [2.75, 3.05) is 0 Å². The first kappa shape index (κ1) is 10.5. The maximum Gasteiger partial charge on any atom is 0.197 e. The Kier molecular flexibility index (Phi) is 3.10. The quantitative estimate of drug-likeness (QED) is 0.732. The van der Waals surface area contributed by atoms with Crippen molar-refractivity contribution in [3.05, 3.63) is 48.0 Å². The Morgan fingerprint density at radius 3 is 2.94 bits per heavy atom. The maximum absolute atomic E-state index is 12.0. The molecule has 0 amide bonds. The molecule has 0 bridgehead atoms. The van der Waals surface area contributed by atoms with Gasteiger partial charge in [-0.1, -0.05) is 6.92 Å². The van der Waals surface area contributed by atoms with E-state index in [2.05, 4.69) is 17.0 Å². The van der Waals surface area contributed by atoms with Gasteiger partial charge in [-0.05, 0) is 18.6 Å². The van der Waals surface area contributed by atoms with E-state index >= 15 is 0 Å². The molecule has 2 aromatic rings. The van der Waals surface area contributed by atoms with E-state index in [1.54, 1.807) is 41.6 Å². The topological polar surface area (TPSA) is 47.8 Å². The Morgan fingerprint density at radius 1 is 1.38 bits per heavy atom. The maximum atomic E-state index is 12.0. The normalized spacial score (nSPS) is 10.3. The van der Waals surface area contributed by atoms with Crippen LogP contribution in [0.4, 0.5) is 0 Å². The monoisotopic (exact) mass is 215 g/mol. The predicted octanol–water partition coefficient (Wildman–Crippen LogP) is 1.92. The summed E-state index contributed by atoms with van der Waals surface area (Å²) in [6.07, 6.45) is 7.60. The van der Waals surface area contributed by atoms with Crippen LogP contribution in [0, 0.1) is 0 Å². The van der Waals surface area contributed by atoms with Crippen LogP contribution >= 0.6 is 0 Å². The molecular weight excluding hydrogens is 202 g/mol. The fourth-order valence-corrected chi connectivity index (χ4v) is 1.50. The molecule has 4 heteroatoms. The minimum absolute atomic E-state index is 0.0320. The summed E-state index contributed by atoms with van der Waals surface area (Å²) >= 11 is 0. The zero-order chi connectivity index (χ0) is 11.4. The lowest BCUT2D eigenvalue weighted by Gasteiger charge is -1.96. The van der Waals surface area contributed by atoms with E-state index in [-0.39, 0.29) is 5.78 Å². The van der Waals surface area contributed by atoms with Crippen LogP contribution in [0.3, 0.4) is 0 Å². The van der Waals surface area contributed by atoms with Gasteiger partial charge in [-0.25, -0.2) is 0 Å². The summed E-state index contributed by atoms with van der Waals surface area (Å²) in [5.74, 6) is -0.0320. The molecule has 2 heterocycles. The molecule has 4 nitrogen and oxygen atoms in total. The molecule has 2 rings (SSSR count). The lowest BCUT2D eigenvalue weighted by molar-refractivity contribution is 0.103. The number of ketones is 1. The van der Waals surface area contributed by atoms with E-state index in [1.807, 2.05) is 0 Å². The van der Waals surface area contributed by atoms with Crippen molar-refractivity contribution in [1.29, 1.82) is 0 Å². The van der Waals surface area contributed by atoms with Crippen molar-refractivity contribution in [2.24, 2.45) is 0 Å². The zero-order valence-electron chi connectivity index (χ0n) is 9.13. The van der Waals surface area contributed by atoms with E-state index < -0.39 is 0 Å². The van der Waals surface area contributed by atoms with Crippen molar-refractivity contribution >= 4 is 5.78 Å². The fraction of sp³-hybridized carbons (Fsp3) is 0.250. The highest BCUT2D eigenvalue weighted by atomic mass is 16.1. The molecule has 0 saturated carbocycles. The predicted molar refractivity (Wildman–Crippen MR) is 60.2 cm³/mol. The average Bonchev–Trinajstić information content (AvgIpc) is 2.78. The second-order valence-corrected chi connectivity index (χ2v) is 3.56. The summed E-state index contributed by atoms with van der Waals surface area (Å²) in [5.41, 5.74) is 1.21. The van der Waals surface area contributed by atoms with Crippen molar-refractivity contribution in [3.8, 4) is 0 Å². The van der Waals surface area contributed by atoms with Crippen molar-refractivity contribution in [1.82, 2.24) is 14.8 Å². The van der Waals surface area contributed by atoms with Crippen LogP contribution in [0.1, 0.15) is 29.3 Å². The number of carbonyl (C=O) groups is 1. The Bertz CT molecular complexity index is 476. The van der Waals surface area contributed by atoms with Crippen LogP contribution in [-0.2, 0) is 6.54 Å². The average molecular weight is 215 g/mol. The molecule has 0 aliphatic rings. The Balaban J connectivity index is 2.21. The lowest BCUT2D eigenvalue weighted by Crippen LogP contribution is -2.00. The molecule has 16 heavy (non-hydrogen) atoms. The number of rotatable bonds is 4. The summed E-state index contributed by atoms with van der Waals surface area (Å²) in [4.78, 5) is 15.9. The highest BCUT2D eigenvalue weighted by molar-refractivity contribution is 6.08. The minimum atomic E-state index is -0.0320. The number of aromatic nitrogens is 3. The van der Waals surface area contributed by atoms with Crippen LogP contribution in [-0.4, -0.2) is 20.5 Å². The van der Waals surface area contributed by atoms with E-state index in [0.29, 0.717) is 11.1 Å². The SMILES string of the molecule is CCCn1cc(C(=O)c2cccnc2)cn1. The molecule has 0 aliphatic carbocycles. The zero-order valence-corrected chi connectivity index (χ0v) is 9.13. The molecule has 2 aromatic heterocycles. The standard InChI is InChI=1S/C12H13N3O/c1-2-6-15-9-11(8-14-15)12(16)10-4-3-5-13-7-10/h3-5,7-9H,2,6H2,1H3. The highest BCUT2D eigenvalue weighted by Gasteiger charge is 2.10. The molecule has 0 N–H and O–H groups in total. The van der Waals surface area contributed by atoms with Crippen LogP contribution in [0.5, 0.6) is 0 Å². The first-order valence-electron chi connectivity index (χ1n) is 5.28. The first-order chi connectivity index (χ1) is 7.81. The third kappa shape index (κ3) is 2.16. The lowest BCUT2D eigenvalue weighted by atomic mass is 10.1.